The molecule has 7 nitrogen and oxygen atoms in total. The van der Waals surface area contributed by atoms with Gasteiger partial charge >= 0.3 is 0 Å². The zero-order chi connectivity index (χ0) is 21.3. The second kappa shape index (κ2) is 9.66. The maximum absolute atomic E-state index is 12.7. The fourth-order valence-electron chi connectivity index (χ4n) is 2.68. The number of hydrazine groups is 1. The Bertz CT molecular complexity index is 1120. The maximum atomic E-state index is 12.7. The SMILES string of the molecule is N#Cc1ccccc1OCC(=O)NNC(=O)c1ccccc1C(=O)c1ccccc1. The maximum Gasteiger partial charge on any atom is 0.276 e. The summed E-state index contributed by atoms with van der Waals surface area (Å²) in [4.78, 5) is 37.2. The van der Waals surface area contributed by atoms with Crippen LogP contribution in [0.2, 0.25) is 0 Å². The van der Waals surface area contributed by atoms with Crippen LogP contribution < -0.4 is 15.6 Å². The Morgan fingerprint density at radius 1 is 0.800 bits per heavy atom. The lowest BCUT2D eigenvalue weighted by Crippen LogP contribution is -2.44. The van der Waals surface area contributed by atoms with E-state index in [1.54, 1.807) is 72.8 Å². The lowest BCUT2D eigenvalue weighted by Gasteiger charge is -2.11. The van der Waals surface area contributed by atoms with E-state index in [0.29, 0.717) is 11.1 Å². The van der Waals surface area contributed by atoms with E-state index in [9.17, 15) is 14.4 Å². The molecule has 0 heterocycles. The monoisotopic (exact) mass is 399 g/mol. The van der Waals surface area contributed by atoms with Crippen molar-refractivity contribution in [3.05, 3.63) is 101 Å². The van der Waals surface area contributed by atoms with Crippen molar-refractivity contribution in [1.82, 2.24) is 10.9 Å². The number of nitriles is 1. The van der Waals surface area contributed by atoms with E-state index in [2.05, 4.69) is 10.9 Å². The summed E-state index contributed by atoms with van der Waals surface area (Å²) in [6.45, 7) is -0.399. The van der Waals surface area contributed by atoms with Gasteiger partial charge in [-0.25, -0.2) is 0 Å². The van der Waals surface area contributed by atoms with Crippen LogP contribution >= 0.6 is 0 Å². The molecule has 2 N–H and O–H groups in total. The number of amides is 2. The summed E-state index contributed by atoms with van der Waals surface area (Å²) < 4.78 is 5.31. The molecule has 3 aromatic carbocycles. The van der Waals surface area contributed by atoms with Gasteiger partial charge in [0.15, 0.2) is 12.4 Å². The van der Waals surface area contributed by atoms with Crippen molar-refractivity contribution in [3.63, 3.8) is 0 Å². The fraction of sp³-hybridized carbons (Fsp3) is 0.0435. The van der Waals surface area contributed by atoms with Crippen LogP contribution in [-0.4, -0.2) is 24.2 Å². The second-order valence-electron chi connectivity index (χ2n) is 6.14. The number of carbonyl (C=O) groups is 3. The largest absolute Gasteiger partial charge is 0.482 e. The van der Waals surface area contributed by atoms with Gasteiger partial charge in [-0.1, -0.05) is 60.7 Å². The van der Waals surface area contributed by atoms with Gasteiger partial charge in [-0.2, -0.15) is 5.26 Å². The Morgan fingerprint density at radius 2 is 1.43 bits per heavy atom. The van der Waals surface area contributed by atoms with Gasteiger partial charge in [0.05, 0.1) is 11.1 Å². The summed E-state index contributed by atoms with van der Waals surface area (Å²) in [7, 11) is 0. The molecule has 0 aliphatic heterocycles. The molecule has 0 saturated heterocycles. The minimum Gasteiger partial charge on any atom is -0.482 e. The van der Waals surface area contributed by atoms with Gasteiger partial charge in [-0.3, -0.25) is 25.2 Å². The first kappa shape index (κ1) is 20.3. The highest BCUT2D eigenvalue weighted by atomic mass is 16.5. The molecular weight excluding hydrogens is 382 g/mol. The second-order valence-corrected chi connectivity index (χ2v) is 6.14. The Balaban J connectivity index is 1.62. The third-order valence-electron chi connectivity index (χ3n) is 4.13. The molecule has 0 fully saturated rings. The molecule has 3 rings (SSSR count). The first-order valence-electron chi connectivity index (χ1n) is 9.00. The van der Waals surface area contributed by atoms with Crippen molar-refractivity contribution < 1.29 is 19.1 Å². The average Bonchev–Trinajstić information content (AvgIpc) is 2.81. The molecule has 0 spiro atoms. The quantitative estimate of drug-likeness (QED) is 0.489. The summed E-state index contributed by atoms with van der Waals surface area (Å²) in [5.41, 5.74) is 5.60. The number of hydrogen-bond acceptors (Lipinski definition) is 5. The van der Waals surface area contributed by atoms with Crippen LogP contribution in [0.5, 0.6) is 5.75 Å². The topological polar surface area (TPSA) is 108 Å². The Kier molecular flexibility index (Phi) is 6.54. The average molecular weight is 399 g/mol. The van der Waals surface area contributed by atoms with Gasteiger partial charge in [-0.15, -0.1) is 0 Å². The van der Waals surface area contributed by atoms with E-state index < -0.39 is 18.4 Å². The van der Waals surface area contributed by atoms with E-state index in [1.165, 1.54) is 6.07 Å². The van der Waals surface area contributed by atoms with Crippen LogP contribution in [-0.2, 0) is 4.79 Å². The molecule has 0 unspecified atom stereocenters. The first-order valence-corrected chi connectivity index (χ1v) is 9.00. The van der Waals surface area contributed by atoms with Crippen LogP contribution in [0.15, 0.2) is 78.9 Å². The van der Waals surface area contributed by atoms with Gasteiger partial charge < -0.3 is 4.74 Å². The zero-order valence-electron chi connectivity index (χ0n) is 15.8. The molecule has 7 heteroatoms. The minimum atomic E-state index is -0.638. The number of ether oxygens (including phenoxy) is 1. The highest BCUT2D eigenvalue weighted by molar-refractivity contribution is 6.15. The van der Waals surface area contributed by atoms with E-state index in [0.717, 1.165) is 0 Å². The molecule has 2 amide bonds. The predicted octanol–water partition coefficient (Wildman–Crippen LogP) is 2.63. The number of ketones is 1. The number of nitrogens with zero attached hydrogens (tertiary/aromatic N) is 1. The Hall–Kier alpha value is -4.44. The molecule has 0 aliphatic carbocycles. The summed E-state index contributed by atoms with van der Waals surface area (Å²) in [6.07, 6.45) is 0. The van der Waals surface area contributed by atoms with Gasteiger partial charge in [0.25, 0.3) is 11.8 Å². The summed E-state index contributed by atoms with van der Waals surface area (Å²) in [5, 5.41) is 9.02. The number of rotatable bonds is 6. The number of para-hydroxylation sites is 1. The number of nitrogens with one attached hydrogen (secondary N) is 2. The standard InChI is InChI=1S/C23H17N3O4/c24-14-17-10-4-7-13-20(17)30-15-21(27)25-26-23(29)19-12-6-5-11-18(19)22(28)16-8-2-1-3-9-16/h1-13H,15H2,(H,25,27)(H,26,29). The highest BCUT2D eigenvalue weighted by Gasteiger charge is 2.18. The van der Waals surface area contributed by atoms with Crippen molar-refractivity contribution in [2.45, 2.75) is 0 Å². The molecule has 3 aromatic rings. The zero-order valence-corrected chi connectivity index (χ0v) is 15.8. The number of carbonyl (C=O) groups excluding carboxylic acids is 3. The molecule has 30 heavy (non-hydrogen) atoms. The van der Waals surface area contributed by atoms with Gasteiger partial charge in [0.2, 0.25) is 0 Å². The third kappa shape index (κ3) is 4.88. The van der Waals surface area contributed by atoms with Gasteiger partial charge in [0, 0.05) is 11.1 Å². The smallest absolute Gasteiger partial charge is 0.276 e. The van der Waals surface area contributed by atoms with E-state index in [4.69, 9.17) is 10.00 Å². The van der Waals surface area contributed by atoms with Crippen LogP contribution in [0.3, 0.4) is 0 Å². The normalized spacial score (nSPS) is 9.83. The highest BCUT2D eigenvalue weighted by Crippen LogP contribution is 2.16. The molecule has 0 bridgehead atoms. The number of hydrogen-bond donors (Lipinski definition) is 2. The minimum absolute atomic E-state index is 0.127. The Morgan fingerprint density at radius 3 is 2.17 bits per heavy atom. The van der Waals surface area contributed by atoms with Crippen LogP contribution in [0.4, 0.5) is 0 Å². The molecule has 0 atom stereocenters. The van der Waals surface area contributed by atoms with Crippen molar-refractivity contribution in [3.8, 4) is 11.8 Å². The Labute approximate surface area is 172 Å². The van der Waals surface area contributed by atoms with Crippen LogP contribution in [0.25, 0.3) is 0 Å². The third-order valence-corrected chi connectivity index (χ3v) is 4.13. The molecule has 0 aliphatic rings. The summed E-state index contributed by atoms with van der Waals surface area (Å²) >= 11 is 0. The molecule has 0 saturated carbocycles. The lowest BCUT2D eigenvalue weighted by atomic mass is 9.98. The van der Waals surface area contributed by atoms with Crippen LogP contribution in [0.1, 0.15) is 31.8 Å². The van der Waals surface area contributed by atoms with Crippen molar-refractivity contribution in [1.29, 1.82) is 5.26 Å². The van der Waals surface area contributed by atoms with E-state index >= 15 is 0 Å². The molecule has 0 aromatic heterocycles. The van der Waals surface area contributed by atoms with Gasteiger partial charge in [0.1, 0.15) is 11.8 Å². The molecule has 148 valence electrons. The van der Waals surface area contributed by atoms with Crippen LogP contribution in [0, 0.1) is 11.3 Å². The van der Waals surface area contributed by atoms with Gasteiger partial charge in [-0.05, 0) is 18.2 Å². The summed E-state index contributed by atoms with van der Waals surface area (Å²) in [6, 6.07) is 23.4. The van der Waals surface area contributed by atoms with Crippen molar-refractivity contribution >= 4 is 17.6 Å². The fourth-order valence-corrected chi connectivity index (χ4v) is 2.68. The lowest BCUT2D eigenvalue weighted by molar-refractivity contribution is -0.123. The molecule has 0 radical (unpaired) electrons. The molecular formula is C23H17N3O4. The predicted molar refractivity (Wildman–Crippen MR) is 109 cm³/mol. The van der Waals surface area contributed by atoms with Crippen molar-refractivity contribution in [2.24, 2.45) is 0 Å². The van der Waals surface area contributed by atoms with E-state index in [-0.39, 0.29) is 22.7 Å². The van der Waals surface area contributed by atoms with Crippen molar-refractivity contribution in [2.75, 3.05) is 6.61 Å². The summed E-state index contributed by atoms with van der Waals surface area (Å²) in [5.74, 6) is -1.30. The van der Waals surface area contributed by atoms with E-state index in [1.807, 2.05) is 6.07 Å². The first-order chi connectivity index (χ1) is 14.6. The number of benzene rings is 3.